The molecule has 0 saturated heterocycles. The van der Waals surface area contributed by atoms with Gasteiger partial charge in [-0.25, -0.2) is 0 Å². The van der Waals surface area contributed by atoms with Gasteiger partial charge >= 0.3 is 0 Å². The normalized spacial score (nSPS) is 14.5. The molecule has 0 saturated carbocycles. The molecule has 5 nitrogen and oxygen atoms in total. The van der Waals surface area contributed by atoms with Gasteiger partial charge in [0.15, 0.2) is 11.5 Å². The van der Waals surface area contributed by atoms with Gasteiger partial charge in [-0.15, -0.1) is 0 Å². The molecule has 0 spiro atoms. The van der Waals surface area contributed by atoms with E-state index < -0.39 is 0 Å². The van der Waals surface area contributed by atoms with Gasteiger partial charge < -0.3 is 10.1 Å². The lowest BCUT2D eigenvalue weighted by Gasteiger charge is -2.32. The van der Waals surface area contributed by atoms with Crippen LogP contribution in [0.15, 0.2) is 84.6 Å². The molecule has 1 N–H and O–H groups in total. The summed E-state index contributed by atoms with van der Waals surface area (Å²) in [6, 6.07) is 25.4. The minimum atomic E-state index is -0.333. The molecule has 1 heterocycles. The average molecular weight is 455 g/mol. The van der Waals surface area contributed by atoms with Crippen molar-refractivity contribution in [1.29, 1.82) is 0 Å². The van der Waals surface area contributed by atoms with Crippen LogP contribution in [0.1, 0.15) is 37.5 Å². The third-order valence-corrected chi connectivity index (χ3v) is 5.77. The summed E-state index contributed by atoms with van der Waals surface area (Å²) in [5.74, 6) is 0.212. The first-order valence-electron chi connectivity index (χ1n) is 11.5. The molecule has 0 fully saturated rings. The van der Waals surface area contributed by atoms with E-state index in [2.05, 4.69) is 26.1 Å². The first kappa shape index (κ1) is 23.3. The monoisotopic (exact) mass is 454 g/mol. The molecule has 0 aliphatic carbocycles. The number of carbonyl (C=O) groups excluding carboxylic acids is 2. The van der Waals surface area contributed by atoms with Gasteiger partial charge in [-0.2, -0.15) is 0 Å². The Balaban J connectivity index is 1.58. The fourth-order valence-corrected chi connectivity index (χ4v) is 3.82. The molecule has 0 bridgehead atoms. The number of benzene rings is 3. The Morgan fingerprint density at radius 1 is 0.971 bits per heavy atom. The third-order valence-electron chi connectivity index (χ3n) is 5.77. The molecule has 3 aromatic rings. The summed E-state index contributed by atoms with van der Waals surface area (Å²) >= 11 is 0. The van der Waals surface area contributed by atoms with Crippen molar-refractivity contribution in [3.8, 4) is 5.75 Å². The maximum Gasteiger partial charge on any atom is 0.294 e. The number of hydrogen-bond donors (Lipinski definition) is 1. The zero-order chi connectivity index (χ0) is 24.1. The Morgan fingerprint density at radius 2 is 1.65 bits per heavy atom. The topological polar surface area (TPSA) is 58.6 Å². The molecular formula is C29H30N2O3. The van der Waals surface area contributed by atoms with Crippen molar-refractivity contribution in [3.05, 3.63) is 101 Å². The Bertz CT molecular complexity index is 1200. The summed E-state index contributed by atoms with van der Waals surface area (Å²) in [6.07, 6.45) is 2.44. The lowest BCUT2D eigenvalue weighted by molar-refractivity contribution is -0.123. The standard InChI is InChI=1S/C29H30N2O3/c1-29(2,3)23-14-15-25-24(19-23)31(20-27(32)30-17-16-21-10-6-4-7-11-21)28(33)26(34-25)18-22-12-8-5-9-13-22/h4-15,18-19H,16-17,20H2,1-3H3,(H,30,32). The predicted molar refractivity (Wildman–Crippen MR) is 136 cm³/mol. The Hall–Kier alpha value is -3.86. The second-order valence-electron chi connectivity index (χ2n) is 9.43. The van der Waals surface area contributed by atoms with Crippen LogP contribution in [0.25, 0.3) is 6.08 Å². The van der Waals surface area contributed by atoms with E-state index in [1.807, 2.05) is 78.9 Å². The quantitative estimate of drug-likeness (QED) is 0.527. The minimum Gasteiger partial charge on any atom is -0.449 e. The van der Waals surface area contributed by atoms with Crippen LogP contribution in [0.3, 0.4) is 0 Å². The number of hydrogen-bond acceptors (Lipinski definition) is 3. The summed E-state index contributed by atoms with van der Waals surface area (Å²) in [6.45, 7) is 6.76. The predicted octanol–water partition coefficient (Wildman–Crippen LogP) is 5.11. The largest absolute Gasteiger partial charge is 0.449 e. The molecule has 0 radical (unpaired) electrons. The highest BCUT2D eigenvalue weighted by molar-refractivity contribution is 6.12. The highest BCUT2D eigenvalue weighted by Gasteiger charge is 2.33. The van der Waals surface area contributed by atoms with Crippen molar-refractivity contribution in [2.45, 2.75) is 32.6 Å². The maximum atomic E-state index is 13.4. The number of anilines is 1. The van der Waals surface area contributed by atoms with Crippen molar-refractivity contribution >= 4 is 23.6 Å². The first-order valence-corrected chi connectivity index (χ1v) is 11.5. The molecule has 3 aromatic carbocycles. The van der Waals surface area contributed by atoms with E-state index in [-0.39, 0.29) is 29.5 Å². The van der Waals surface area contributed by atoms with E-state index in [9.17, 15) is 9.59 Å². The molecular weight excluding hydrogens is 424 g/mol. The molecule has 0 unspecified atom stereocenters. The maximum absolute atomic E-state index is 13.4. The summed E-state index contributed by atoms with van der Waals surface area (Å²) in [4.78, 5) is 27.8. The number of amides is 2. The number of rotatable bonds is 6. The van der Waals surface area contributed by atoms with E-state index in [4.69, 9.17) is 4.74 Å². The fourth-order valence-electron chi connectivity index (χ4n) is 3.82. The molecule has 1 aliphatic heterocycles. The van der Waals surface area contributed by atoms with Gasteiger partial charge in [0.25, 0.3) is 5.91 Å². The molecule has 0 atom stereocenters. The molecule has 4 rings (SSSR count). The van der Waals surface area contributed by atoms with Gasteiger partial charge in [0, 0.05) is 6.54 Å². The number of ether oxygens (including phenoxy) is 1. The van der Waals surface area contributed by atoms with Crippen LogP contribution >= 0.6 is 0 Å². The van der Waals surface area contributed by atoms with Crippen LogP contribution in [0, 0.1) is 0 Å². The van der Waals surface area contributed by atoms with Crippen molar-refractivity contribution < 1.29 is 14.3 Å². The van der Waals surface area contributed by atoms with Gasteiger partial charge in [0.1, 0.15) is 6.54 Å². The van der Waals surface area contributed by atoms with Gasteiger partial charge in [-0.3, -0.25) is 14.5 Å². The van der Waals surface area contributed by atoms with Gasteiger partial charge in [0.2, 0.25) is 5.91 Å². The van der Waals surface area contributed by atoms with E-state index in [1.54, 1.807) is 6.08 Å². The zero-order valence-electron chi connectivity index (χ0n) is 19.9. The van der Waals surface area contributed by atoms with E-state index in [1.165, 1.54) is 4.90 Å². The van der Waals surface area contributed by atoms with Gasteiger partial charge in [0.05, 0.1) is 5.69 Å². The summed E-state index contributed by atoms with van der Waals surface area (Å²) < 4.78 is 6.00. The fraction of sp³-hybridized carbons (Fsp3) is 0.241. The van der Waals surface area contributed by atoms with Gasteiger partial charge in [-0.05, 0) is 46.7 Å². The molecule has 0 aromatic heterocycles. The SMILES string of the molecule is CC(C)(C)c1ccc2c(c1)N(CC(=O)NCCc1ccccc1)C(=O)C(=Cc1ccccc1)O2. The zero-order valence-corrected chi connectivity index (χ0v) is 19.9. The van der Waals surface area contributed by atoms with Crippen LogP contribution < -0.4 is 15.0 Å². The van der Waals surface area contributed by atoms with Crippen LogP contribution in [-0.2, 0) is 21.4 Å². The molecule has 2 amide bonds. The molecule has 1 aliphatic rings. The summed E-state index contributed by atoms with van der Waals surface area (Å²) in [7, 11) is 0. The van der Waals surface area contributed by atoms with E-state index in [0.29, 0.717) is 18.0 Å². The lowest BCUT2D eigenvalue weighted by atomic mass is 9.86. The van der Waals surface area contributed by atoms with Crippen molar-refractivity contribution in [1.82, 2.24) is 5.32 Å². The minimum absolute atomic E-state index is 0.0797. The number of nitrogens with one attached hydrogen (secondary N) is 1. The Morgan fingerprint density at radius 3 is 2.32 bits per heavy atom. The van der Waals surface area contributed by atoms with Crippen molar-refractivity contribution in [2.24, 2.45) is 0 Å². The number of fused-ring (bicyclic) bond motifs is 1. The number of nitrogens with zero attached hydrogens (tertiary/aromatic N) is 1. The lowest BCUT2D eigenvalue weighted by Crippen LogP contribution is -2.44. The van der Waals surface area contributed by atoms with Crippen LogP contribution in [0.5, 0.6) is 5.75 Å². The van der Waals surface area contributed by atoms with Crippen molar-refractivity contribution in [2.75, 3.05) is 18.0 Å². The van der Waals surface area contributed by atoms with Crippen LogP contribution in [0.4, 0.5) is 5.69 Å². The average Bonchev–Trinajstić information content (AvgIpc) is 2.82. The van der Waals surface area contributed by atoms with Gasteiger partial charge in [-0.1, -0.05) is 87.5 Å². The third kappa shape index (κ3) is 5.54. The Kier molecular flexibility index (Phi) is 6.82. The summed E-state index contributed by atoms with van der Waals surface area (Å²) in [5.41, 5.74) is 3.57. The molecule has 34 heavy (non-hydrogen) atoms. The second-order valence-corrected chi connectivity index (χ2v) is 9.43. The van der Waals surface area contributed by atoms with Crippen LogP contribution in [0.2, 0.25) is 0 Å². The highest BCUT2D eigenvalue weighted by atomic mass is 16.5. The molecule has 5 heteroatoms. The Labute approximate surface area is 201 Å². The van der Waals surface area contributed by atoms with E-state index in [0.717, 1.165) is 23.1 Å². The summed E-state index contributed by atoms with van der Waals surface area (Å²) in [5, 5.41) is 2.95. The first-order chi connectivity index (χ1) is 16.3. The molecule has 174 valence electrons. The van der Waals surface area contributed by atoms with Crippen LogP contribution in [-0.4, -0.2) is 24.9 Å². The smallest absolute Gasteiger partial charge is 0.294 e. The number of carbonyl (C=O) groups is 2. The van der Waals surface area contributed by atoms with E-state index >= 15 is 0 Å². The highest BCUT2D eigenvalue weighted by Crippen LogP contribution is 2.39. The van der Waals surface area contributed by atoms with Crippen molar-refractivity contribution in [3.63, 3.8) is 0 Å². The second kappa shape index (κ2) is 9.96.